The van der Waals surface area contributed by atoms with Crippen LogP contribution < -0.4 is 0 Å². The lowest BCUT2D eigenvalue weighted by atomic mass is 10.5. The molecule has 1 aromatic heterocycles. The van der Waals surface area contributed by atoms with Crippen LogP contribution in [0.5, 0.6) is 0 Å². The first-order valence-electron chi connectivity index (χ1n) is 3.30. The van der Waals surface area contributed by atoms with Crippen LogP contribution in [0.15, 0.2) is 6.33 Å². The smallest absolute Gasteiger partial charge is 0.224 e. The third-order valence-electron chi connectivity index (χ3n) is 1.42. The molecule has 1 unspecified atom stereocenters. The van der Waals surface area contributed by atoms with Gasteiger partial charge in [0.25, 0.3) is 0 Å². The molecule has 0 saturated heterocycles. The molecule has 62 valence electrons. The molecule has 0 aromatic carbocycles. The Hall–Kier alpha value is -0.220. The van der Waals surface area contributed by atoms with Gasteiger partial charge in [-0.15, -0.1) is 10.2 Å². The van der Waals surface area contributed by atoms with Crippen molar-refractivity contribution in [2.75, 3.05) is 6.26 Å². The zero-order chi connectivity index (χ0) is 8.27. The van der Waals surface area contributed by atoms with Gasteiger partial charge in [-0.3, -0.25) is 0 Å². The second-order valence-electron chi connectivity index (χ2n) is 2.30. The van der Waals surface area contributed by atoms with E-state index in [-0.39, 0.29) is 0 Å². The molecule has 0 saturated carbocycles. The van der Waals surface area contributed by atoms with Gasteiger partial charge in [-0.05, 0) is 17.9 Å². The Kier molecular flexibility index (Phi) is 3.20. The Labute approximate surface area is 75.1 Å². The predicted octanol–water partition coefficient (Wildman–Crippen LogP) is 1.68. The van der Waals surface area contributed by atoms with Crippen LogP contribution in [0.3, 0.4) is 0 Å². The van der Waals surface area contributed by atoms with Gasteiger partial charge >= 0.3 is 0 Å². The van der Waals surface area contributed by atoms with Crippen LogP contribution in [0, 0.1) is 0 Å². The maximum absolute atomic E-state index is 5.72. The molecule has 0 spiro atoms. The van der Waals surface area contributed by atoms with E-state index in [1.54, 1.807) is 18.1 Å². The van der Waals surface area contributed by atoms with Gasteiger partial charge in [0.1, 0.15) is 6.33 Å². The molecule has 0 radical (unpaired) electrons. The minimum absolute atomic E-state index is 0.464. The zero-order valence-electron chi connectivity index (χ0n) is 6.49. The van der Waals surface area contributed by atoms with E-state index in [0.29, 0.717) is 10.5 Å². The maximum atomic E-state index is 5.72. The fourth-order valence-corrected chi connectivity index (χ4v) is 1.18. The van der Waals surface area contributed by atoms with E-state index in [1.165, 1.54) is 0 Å². The summed E-state index contributed by atoms with van der Waals surface area (Å²) in [5.41, 5.74) is 0. The summed E-state index contributed by atoms with van der Waals surface area (Å²) in [6, 6.07) is 0. The quantitative estimate of drug-likeness (QED) is 0.729. The van der Waals surface area contributed by atoms with Crippen LogP contribution in [-0.4, -0.2) is 26.3 Å². The maximum Gasteiger partial charge on any atom is 0.224 e. The average Bonchev–Trinajstić information content (AvgIpc) is 2.37. The highest BCUT2D eigenvalue weighted by Gasteiger charge is 2.04. The van der Waals surface area contributed by atoms with E-state index in [4.69, 9.17) is 11.6 Å². The number of aromatic nitrogens is 3. The Morgan fingerprint density at radius 2 is 2.55 bits per heavy atom. The Morgan fingerprint density at radius 1 is 1.82 bits per heavy atom. The fraction of sp³-hybridized carbons (Fsp3) is 0.667. The van der Waals surface area contributed by atoms with E-state index in [1.807, 2.05) is 4.57 Å². The van der Waals surface area contributed by atoms with E-state index in [9.17, 15) is 0 Å². The minimum atomic E-state index is 0.464. The molecule has 1 heterocycles. The Morgan fingerprint density at radius 3 is 3.00 bits per heavy atom. The summed E-state index contributed by atoms with van der Waals surface area (Å²) in [4.78, 5) is 0. The van der Waals surface area contributed by atoms with Gasteiger partial charge in [-0.1, -0.05) is 6.92 Å². The molecule has 0 N–H and O–H groups in total. The van der Waals surface area contributed by atoms with Gasteiger partial charge in [0.15, 0.2) is 0 Å². The highest BCUT2D eigenvalue weighted by atomic mass is 35.5. The summed E-state index contributed by atoms with van der Waals surface area (Å²) in [6.45, 7) is 3.01. The van der Waals surface area contributed by atoms with Crippen LogP contribution in [0.25, 0.3) is 0 Å². The molecule has 1 atom stereocenters. The molecule has 0 aliphatic carbocycles. The summed E-state index contributed by atoms with van der Waals surface area (Å²) in [6.07, 6.45) is 3.72. The van der Waals surface area contributed by atoms with Gasteiger partial charge < -0.3 is 4.57 Å². The Balaban J connectivity index is 2.56. The summed E-state index contributed by atoms with van der Waals surface area (Å²) in [7, 11) is 0. The lowest BCUT2D eigenvalue weighted by Gasteiger charge is -2.07. The molecule has 1 rings (SSSR count). The first-order chi connectivity index (χ1) is 5.24. The highest BCUT2D eigenvalue weighted by molar-refractivity contribution is 7.99. The molecular weight excluding hydrogens is 182 g/mol. The van der Waals surface area contributed by atoms with Crippen molar-refractivity contribution in [3.05, 3.63) is 11.6 Å². The normalized spacial score (nSPS) is 13.4. The van der Waals surface area contributed by atoms with Crippen molar-refractivity contribution in [2.45, 2.75) is 18.7 Å². The number of rotatable bonds is 3. The zero-order valence-corrected chi connectivity index (χ0v) is 8.06. The first kappa shape index (κ1) is 8.87. The van der Waals surface area contributed by atoms with Crippen molar-refractivity contribution in [1.82, 2.24) is 14.8 Å². The number of thioether (sulfide) groups is 1. The number of hydrogen-bond donors (Lipinski definition) is 0. The fourth-order valence-electron chi connectivity index (χ4n) is 0.715. The monoisotopic (exact) mass is 191 g/mol. The van der Waals surface area contributed by atoms with Gasteiger partial charge in [0.05, 0.1) is 0 Å². The van der Waals surface area contributed by atoms with Gasteiger partial charge in [-0.2, -0.15) is 11.8 Å². The van der Waals surface area contributed by atoms with Crippen LogP contribution in [0.1, 0.15) is 6.92 Å². The Bertz CT molecular complexity index is 225. The molecule has 0 aliphatic heterocycles. The number of hydrogen-bond acceptors (Lipinski definition) is 3. The highest BCUT2D eigenvalue weighted by Crippen LogP contribution is 2.10. The van der Waals surface area contributed by atoms with E-state index in [0.717, 1.165) is 6.54 Å². The van der Waals surface area contributed by atoms with Gasteiger partial charge in [-0.25, -0.2) is 0 Å². The summed E-state index contributed by atoms with van der Waals surface area (Å²) in [5.74, 6) is 0. The van der Waals surface area contributed by atoms with Crippen molar-refractivity contribution in [3.63, 3.8) is 0 Å². The van der Waals surface area contributed by atoms with Crippen molar-refractivity contribution in [1.29, 1.82) is 0 Å². The summed E-state index contributed by atoms with van der Waals surface area (Å²) < 4.78 is 1.84. The molecule has 3 nitrogen and oxygen atoms in total. The first-order valence-corrected chi connectivity index (χ1v) is 4.96. The number of nitrogens with zero attached hydrogens (tertiary/aromatic N) is 3. The van der Waals surface area contributed by atoms with Crippen LogP contribution in [0.4, 0.5) is 0 Å². The third kappa shape index (κ3) is 2.38. The third-order valence-corrected chi connectivity index (χ3v) is 2.67. The van der Waals surface area contributed by atoms with Crippen molar-refractivity contribution >= 4 is 23.4 Å². The average molecular weight is 192 g/mol. The van der Waals surface area contributed by atoms with Crippen LogP contribution >= 0.6 is 23.4 Å². The minimum Gasteiger partial charge on any atom is -0.303 e. The van der Waals surface area contributed by atoms with Crippen molar-refractivity contribution < 1.29 is 0 Å². The lowest BCUT2D eigenvalue weighted by Crippen LogP contribution is -2.07. The van der Waals surface area contributed by atoms with E-state index < -0.39 is 0 Å². The molecular formula is C6H10ClN3S. The molecule has 0 aliphatic rings. The lowest BCUT2D eigenvalue weighted by molar-refractivity contribution is 0.690. The standard InChI is InChI=1S/C6H10ClN3S/c1-5(11-2)3-10-4-8-9-6(10)7/h4-5H,3H2,1-2H3. The molecule has 5 heteroatoms. The number of halogens is 1. The van der Waals surface area contributed by atoms with E-state index >= 15 is 0 Å². The second kappa shape index (κ2) is 3.97. The molecule has 11 heavy (non-hydrogen) atoms. The van der Waals surface area contributed by atoms with Gasteiger partial charge in [0.2, 0.25) is 5.28 Å². The van der Waals surface area contributed by atoms with Crippen molar-refractivity contribution in [2.24, 2.45) is 0 Å². The van der Waals surface area contributed by atoms with Gasteiger partial charge in [0, 0.05) is 11.8 Å². The topological polar surface area (TPSA) is 30.7 Å². The largest absolute Gasteiger partial charge is 0.303 e. The summed E-state index contributed by atoms with van der Waals surface area (Å²) in [5, 5.41) is 8.36. The molecule has 0 amide bonds. The SMILES string of the molecule is CSC(C)Cn1cnnc1Cl. The van der Waals surface area contributed by atoms with Crippen molar-refractivity contribution in [3.8, 4) is 0 Å². The van der Waals surface area contributed by atoms with Crippen LogP contribution in [-0.2, 0) is 6.54 Å². The summed E-state index contributed by atoms with van der Waals surface area (Å²) >= 11 is 7.52. The second-order valence-corrected chi connectivity index (χ2v) is 3.91. The van der Waals surface area contributed by atoms with E-state index in [2.05, 4.69) is 23.4 Å². The molecule has 1 aromatic rings. The van der Waals surface area contributed by atoms with Crippen LogP contribution in [0.2, 0.25) is 5.28 Å². The molecule has 0 bridgehead atoms. The molecule has 0 fully saturated rings. The predicted molar refractivity (Wildman–Crippen MR) is 48.0 cm³/mol.